The summed E-state index contributed by atoms with van der Waals surface area (Å²) in [6.45, 7) is 0.239. The van der Waals surface area contributed by atoms with Crippen LogP contribution in [-0.4, -0.2) is 42.4 Å². The van der Waals surface area contributed by atoms with E-state index in [0.29, 0.717) is 56.3 Å². The Morgan fingerprint density at radius 3 is 2.06 bits per heavy atom. The number of aliphatic carboxylic acids is 1. The van der Waals surface area contributed by atoms with Crippen molar-refractivity contribution in [2.45, 2.75) is 51.4 Å². The standard InChI is InChI=1S/C27H30N2O7/c30-19-28-22-10-6-20(7-11-22)18-21-8-12-23(13-9-21)29-26(34)36-17-5-4-16-35-25(33)27(24(31)32)14-2-1-3-15-27/h6-13H,1-5,14-18H2,(H,29,34)(H,31,32). The number of carboxylic acid groups (broad SMARTS) is 1. The number of nitrogens with one attached hydrogen (secondary N) is 1. The highest BCUT2D eigenvalue weighted by atomic mass is 16.5. The number of hydrogen-bond donors (Lipinski definition) is 2. The normalized spacial score (nSPS) is 14.2. The first kappa shape index (κ1) is 26.6. The first-order chi connectivity index (χ1) is 17.4. The van der Waals surface area contributed by atoms with Gasteiger partial charge in [-0.3, -0.25) is 14.9 Å². The molecule has 0 unspecified atom stereocenters. The maximum Gasteiger partial charge on any atom is 0.411 e. The molecular formula is C27H30N2O7. The molecule has 0 atom stereocenters. The third-order valence-corrected chi connectivity index (χ3v) is 6.23. The number of unbranched alkanes of at least 4 members (excludes halogenated alkanes) is 1. The molecule has 3 rings (SSSR count). The van der Waals surface area contributed by atoms with E-state index in [-0.39, 0.29) is 13.2 Å². The predicted octanol–water partition coefficient (Wildman–Crippen LogP) is 5.15. The van der Waals surface area contributed by atoms with E-state index in [2.05, 4.69) is 10.3 Å². The molecule has 0 saturated heterocycles. The number of isocyanates is 1. The molecule has 0 aliphatic heterocycles. The van der Waals surface area contributed by atoms with Crippen LogP contribution < -0.4 is 5.32 Å². The van der Waals surface area contributed by atoms with Gasteiger partial charge in [-0.05, 0) is 67.5 Å². The Morgan fingerprint density at radius 1 is 0.889 bits per heavy atom. The van der Waals surface area contributed by atoms with Crippen LogP contribution in [0.5, 0.6) is 0 Å². The van der Waals surface area contributed by atoms with Gasteiger partial charge in [0.25, 0.3) is 0 Å². The van der Waals surface area contributed by atoms with Crippen molar-refractivity contribution >= 4 is 35.5 Å². The highest BCUT2D eigenvalue weighted by Crippen LogP contribution is 2.37. The molecule has 0 aromatic heterocycles. The number of aliphatic imine (C=N–C) groups is 1. The van der Waals surface area contributed by atoms with Gasteiger partial charge in [0.2, 0.25) is 6.08 Å². The fraction of sp³-hybridized carbons (Fsp3) is 0.407. The summed E-state index contributed by atoms with van der Waals surface area (Å²) < 4.78 is 10.4. The van der Waals surface area contributed by atoms with Gasteiger partial charge in [0.1, 0.15) is 0 Å². The van der Waals surface area contributed by atoms with Crippen LogP contribution in [0, 0.1) is 5.41 Å². The zero-order valence-corrected chi connectivity index (χ0v) is 20.0. The third kappa shape index (κ3) is 7.52. The smallest absolute Gasteiger partial charge is 0.411 e. The molecular weight excluding hydrogens is 464 g/mol. The molecule has 0 heterocycles. The Bertz CT molecular complexity index is 1080. The average molecular weight is 495 g/mol. The van der Waals surface area contributed by atoms with Crippen LogP contribution in [0.3, 0.4) is 0 Å². The van der Waals surface area contributed by atoms with E-state index in [1.807, 2.05) is 24.3 Å². The third-order valence-electron chi connectivity index (χ3n) is 6.23. The summed E-state index contributed by atoms with van der Waals surface area (Å²) in [6, 6.07) is 14.6. The number of rotatable bonds is 11. The fourth-order valence-corrected chi connectivity index (χ4v) is 4.17. The second-order valence-corrected chi connectivity index (χ2v) is 8.80. The Hall–Kier alpha value is -3.97. The van der Waals surface area contributed by atoms with E-state index in [1.54, 1.807) is 24.3 Å². The lowest BCUT2D eigenvalue weighted by atomic mass is 9.74. The molecule has 1 amide bonds. The van der Waals surface area contributed by atoms with Crippen LogP contribution in [0.4, 0.5) is 16.2 Å². The molecule has 36 heavy (non-hydrogen) atoms. The van der Waals surface area contributed by atoms with Crippen molar-refractivity contribution in [2.75, 3.05) is 18.5 Å². The van der Waals surface area contributed by atoms with Crippen LogP contribution in [-0.2, 0) is 30.3 Å². The molecule has 1 aliphatic carbocycles. The van der Waals surface area contributed by atoms with Crippen molar-refractivity contribution in [2.24, 2.45) is 10.4 Å². The molecule has 0 spiro atoms. The topological polar surface area (TPSA) is 131 Å². The van der Waals surface area contributed by atoms with Gasteiger partial charge in [-0.2, -0.15) is 4.99 Å². The number of hydrogen-bond acceptors (Lipinski definition) is 7. The molecule has 2 N–H and O–H groups in total. The van der Waals surface area contributed by atoms with Gasteiger partial charge >= 0.3 is 18.0 Å². The molecule has 1 saturated carbocycles. The SMILES string of the molecule is O=C=Nc1ccc(Cc2ccc(NC(=O)OCCCCOC(=O)C3(C(=O)O)CCCCC3)cc2)cc1. The van der Waals surface area contributed by atoms with Crippen molar-refractivity contribution < 1.29 is 33.8 Å². The van der Waals surface area contributed by atoms with Crippen molar-refractivity contribution in [3.63, 3.8) is 0 Å². The first-order valence-electron chi connectivity index (χ1n) is 12.0. The summed E-state index contributed by atoms with van der Waals surface area (Å²) in [5.41, 5.74) is 1.84. The van der Waals surface area contributed by atoms with Crippen LogP contribution in [0.1, 0.15) is 56.1 Å². The van der Waals surface area contributed by atoms with Crippen molar-refractivity contribution in [1.29, 1.82) is 0 Å². The van der Waals surface area contributed by atoms with Gasteiger partial charge in [-0.25, -0.2) is 9.59 Å². The molecule has 2 aromatic carbocycles. The first-order valence-corrected chi connectivity index (χ1v) is 12.0. The van der Waals surface area contributed by atoms with Crippen LogP contribution >= 0.6 is 0 Å². The lowest BCUT2D eigenvalue weighted by molar-refractivity contribution is -0.171. The summed E-state index contributed by atoms with van der Waals surface area (Å²) in [6.07, 6.45) is 5.54. The quantitative estimate of drug-likeness (QED) is 0.145. The minimum absolute atomic E-state index is 0.0906. The van der Waals surface area contributed by atoms with Gasteiger partial charge in [-0.15, -0.1) is 0 Å². The fourth-order valence-electron chi connectivity index (χ4n) is 4.17. The minimum Gasteiger partial charge on any atom is -0.480 e. The van der Waals surface area contributed by atoms with Gasteiger partial charge in [0, 0.05) is 5.69 Å². The number of anilines is 1. The molecule has 1 aliphatic rings. The summed E-state index contributed by atoms with van der Waals surface area (Å²) in [5, 5.41) is 12.2. The number of amides is 1. The second kappa shape index (κ2) is 13.2. The van der Waals surface area contributed by atoms with Gasteiger partial charge in [-0.1, -0.05) is 43.5 Å². The number of carboxylic acids is 1. The van der Waals surface area contributed by atoms with E-state index in [0.717, 1.165) is 17.5 Å². The lowest BCUT2D eigenvalue weighted by Crippen LogP contribution is -2.42. The Labute approximate surface area is 209 Å². The van der Waals surface area contributed by atoms with E-state index in [4.69, 9.17) is 9.47 Å². The number of nitrogens with zero attached hydrogens (tertiary/aromatic N) is 1. The summed E-state index contributed by atoms with van der Waals surface area (Å²) in [5.74, 6) is -1.78. The second-order valence-electron chi connectivity index (χ2n) is 8.80. The average Bonchev–Trinajstić information content (AvgIpc) is 2.88. The predicted molar refractivity (Wildman–Crippen MR) is 132 cm³/mol. The Kier molecular flexibility index (Phi) is 9.77. The number of ether oxygens (including phenoxy) is 2. The van der Waals surface area contributed by atoms with Crippen molar-refractivity contribution in [3.05, 3.63) is 59.7 Å². The Balaban J connectivity index is 1.33. The maximum atomic E-state index is 12.4. The summed E-state index contributed by atoms with van der Waals surface area (Å²) in [7, 11) is 0. The maximum absolute atomic E-state index is 12.4. The monoisotopic (exact) mass is 494 g/mol. The number of esters is 1. The van der Waals surface area contributed by atoms with E-state index in [1.165, 1.54) is 6.08 Å². The van der Waals surface area contributed by atoms with Gasteiger partial charge in [0.15, 0.2) is 5.41 Å². The molecule has 0 radical (unpaired) electrons. The Morgan fingerprint density at radius 2 is 1.47 bits per heavy atom. The molecule has 9 heteroatoms. The number of carbonyl (C=O) groups is 3. The zero-order chi connectivity index (χ0) is 25.8. The lowest BCUT2D eigenvalue weighted by Gasteiger charge is -2.30. The zero-order valence-electron chi connectivity index (χ0n) is 20.0. The van der Waals surface area contributed by atoms with Gasteiger partial charge < -0.3 is 14.6 Å². The largest absolute Gasteiger partial charge is 0.480 e. The highest BCUT2D eigenvalue weighted by molar-refractivity contribution is 5.99. The van der Waals surface area contributed by atoms with Crippen molar-refractivity contribution in [3.8, 4) is 0 Å². The minimum atomic E-state index is -1.42. The van der Waals surface area contributed by atoms with Gasteiger partial charge in [0.05, 0.1) is 18.9 Å². The number of benzene rings is 2. The van der Waals surface area contributed by atoms with Crippen LogP contribution in [0.2, 0.25) is 0 Å². The van der Waals surface area contributed by atoms with Crippen molar-refractivity contribution in [1.82, 2.24) is 0 Å². The number of carbonyl (C=O) groups excluding carboxylic acids is 3. The van der Waals surface area contributed by atoms with Crippen LogP contribution in [0.25, 0.3) is 0 Å². The molecule has 1 fully saturated rings. The summed E-state index contributed by atoms with van der Waals surface area (Å²) in [4.78, 5) is 49.9. The van der Waals surface area contributed by atoms with E-state index >= 15 is 0 Å². The van der Waals surface area contributed by atoms with Crippen LogP contribution in [0.15, 0.2) is 53.5 Å². The molecule has 0 bridgehead atoms. The molecule has 190 valence electrons. The highest BCUT2D eigenvalue weighted by Gasteiger charge is 2.48. The van der Waals surface area contributed by atoms with E-state index < -0.39 is 23.4 Å². The molecule has 9 nitrogen and oxygen atoms in total. The van der Waals surface area contributed by atoms with E-state index in [9.17, 15) is 24.3 Å². The summed E-state index contributed by atoms with van der Waals surface area (Å²) >= 11 is 0. The molecule has 2 aromatic rings.